The van der Waals surface area contributed by atoms with Gasteiger partial charge in [-0.1, -0.05) is 26.7 Å². The summed E-state index contributed by atoms with van der Waals surface area (Å²) >= 11 is 0. The molecule has 1 saturated carbocycles. The van der Waals surface area contributed by atoms with E-state index < -0.39 is 0 Å². The van der Waals surface area contributed by atoms with Crippen molar-refractivity contribution >= 4 is 0 Å². The lowest BCUT2D eigenvalue weighted by Crippen LogP contribution is -2.45. The minimum absolute atomic E-state index is 0.115. The lowest BCUT2D eigenvalue weighted by atomic mass is 9.71. The van der Waals surface area contributed by atoms with Crippen molar-refractivity contribution in [3.8, 4) is 0 Å². The summed E-state index contributed by atoms with van der Waals surface area (Å²) in [5.41, 5.74) is 6.76. The molecule has 18 heavy (non-hydrogen) atoms. The van der Waals surface area contributed by atoms with Crippen LogP contribution in [0, 0.1) is 11.8 Å². The van der Waals surface area contributed by atoms with Crippen molar-refractivity contribution in [1.82, 2.24) is 0 Å². The van der Waals surface area contributed by atoms with E-state index in [-0.39, 0.29) is 5.54 Å². The van der Waals surface area contributed by atoms with E-state index in [9.17, 15) is 0 Å². The second-order valence-electron chi connectivity index (χ2n) is 7.13. The number of rotatable bonds is 5. The smallest absolute Gasteiger partial charge is 0.0576 e. The maximum atomic E-state index is 6.65. The number of hydrogen-bond donors (Lipinski definition) is 1. The van der Waals surface area contributed by atoms with Crippen LogP contribution in [0.4, 0.5) is 0 Å². The summed E-state index contributed by atoms with van der Waals surface area (Å²) in [6, 6.07) is 0. The van der Waals surface area contributed by atoms with E-state index in [4.69, 9.17) is 10.5 Å². The van der Waals surface area contributed by atoms with Crippen LogP contribution in [0.2, 0.25) is 0 Å². The fourth-order valence-electron chi connectivity index (χ4n) is 3.94. The van der Waals surface area contributed by atoms with Gasteiger partial charge in [0.2, 0.25) is 0 Å². The van der Waals surface area contributed by atoms with E-state index in [2.05, 4.69) is 13.8 Å². The van der Waals surface area contributed by atoms with Gasteiger partial charge in [0.25, 0.3) is 0 Å². The second-order valence-corrected chi connectivity index (χ2v) is 7.13. The topological polar surface area (TPSA) is 35.2 Å². The zero-order chi connectivity index (χ0) is 13.0. The zero-order valence-electron chi connectivity index (χ0n) is 12.3. The first-order chi connectivity index (χ1) is 8.57. The first-order valence-corrected chi connectivity index (χ1v) is 7.98. The highest BCUT2D eigenvalue weighted by Gasteiger charge is 2.33. The third-order valence-electron chi connectivity index (χ3n) is 4.78. The monoisotopic (exact) mass is 253 g/mol. The summed E-state index contributed by atoms with van der Waals surface area (Å²) in [4.78, 5) is 0. The molecule has 2 fully saturated rings. The Bertz CT molecular complexity index is 247. The molecule has 0 bridgehead atoms. The molecule has 3 unspecified atom stereocenters. The summed E-state index contributed by atoms with van der Waals surface area (Å²) in [7, 11) is 0. The van der Waals surface area contributed by atoms with Crippen molar-refractivity contribution in [2.75, 3.05) is 6.61 Å². The van der Waals surface area contributed by atoms with Gasteiger partial charge in [-0.2, -0.15) is 0 Å². The molecule has 1 aliphatic heterocycles. The Morgan fingerprint density at radius 1 is 1.28 bits per heavy atom. The van der Waals surface area contributed by atoms with Gasteiger partial charge < -0.3 is 10.5 Å². The van der Waals surface area contributed by atoms with Crippen molar-refractivity contribution < 1.29 is 4.74 Å². The molecule has 0 radical (unpaired) electrons. The third kappa shape index (κ3) is 4.24. The zero-order valence-corrected chi connectivity index (χ0v) is 12.3. The molecule has 1 heterocycles. The fraction of sp³-hybridized carbons (Fsp3) is 1.00. The van der Waals surface area contributed by atoms with E-state index in [1.807, 2.05) is 0 Å². The van der Waals surface area contributed by atoms with E-state index >= 15 is 0 Å². The van der Waals surface area contributed by atoms with E-state index in [0.29, 0.717) is 6.10 Å². The Labute approximate surface area is 113 Å². The SMILES string of the molecule is CC(C)CC1CCCC(N)(CCC2CCCO2)C1. The lowest BCUT2D eigenvalue weighted by Gasteiger charge is -2.39. The lowest BCUT2D eigenvalue weighted by molar-refractivity contribution is 0.0877. The van der Waals surface area contributed by atoms with E-state index in [0.717, 1.165) is 18.4 Å². The minimum Gasteiger partial charge on any atom is -0.378 e. The predicted octanol–water partition coefficient (Wildman–Crippen LogP) is 3.88. The van der Waals surface area contributed by atoms with Gasteiger partial charge in [-0.05, 0) is 56.8 Å². The molecule has 2 nitrogen and oxygen atoms in total. The molecule has 0 aromatic carbocycles. The Hall–Kier alpha value is -0.0800. The number of nitrogens with two attached hydrogens (primary N) is 1. The van der Waals surface area contributed by atoms with Crippen molar-refractivity contribution in [3.05, 3.63) is 0 Å². The molecular weight excluding hydrogens is 222 g/mol. The van der Waals surface area contributed by atoms with Crippen LogP contribution in [0.1, 0.15) is 71.6 Å². The van der Waals surface area contributed by atoms with Crippen LogP contribution in [-0.2, 0) is 4.74 Å². The van der Waals surface area contributed by atoms with Crippen LogP contribution in [0.3, 0.4) is 0 Å². The van der Waals surface area contributed by atoms with Gasteiger partial charge in [0.15, 0.2) is 0 Å². The van der Waals surface area contributed by atoms with Crippen molar-refractivity contribution in [2.45, 2.75) is 83.3 Å². The van der Waals surface area contributed by atoms with Crippen molar-refractivity contribution in [3.63, 3.8) is 0 Å². The molecule has 106 valence electrons. The normalized spacial score (nSPS) is 37.3. The number of hydrogen-bond acceptors (Lipinski definition) is 2. The van der Waals surface area contributed by atoms with E-state index in [1.165, 1.54) is 57.8 Å². The quantitative estimate of drug-likeness (QED) is 0.807. The van der Waals surface area contributed by atoms with Gasteiger partial charge >= 0.3 is 0 Å². The van der Waals surface area contributed by atoms with E-state index in [1.54, 1.807) is 0 Å². The molecule has 2 heteroatoms. The Morgan fingerprint density at radius 3 is 2.78 bits per heavy atom. The van der Waals surface area contributed by atoms with Crippen LogP contribution in [-0.4, -0.2) is 18.2 Å². The van der Waals surface area contributed by atoms with Crippen LogP contribution in [0.5, 0.6) is 0 Å². The third-order valence-corrected chi connectivity index (χ3v) is 4.78. The maximum absolute atomic E-state index is 6.65. The maximum Gasteiger partial charge on any atom is 0.0576 e. The number of ether oxygens (including phenoxy) is 1. The molecule has 2 rings (SSSR count). The highest BCUT2D eigenvalue weighted by atomic mass is 16.5. The van der Waals surface area contributed by atoms with Crippen molar-refractivity contribution in [1.29, 1.82) is 0 Å². The van der Waals surface area contributed by atoms with Crippen LogP contribution >= 0.6 is 0 Å². The molecule has 0 spiro atoms. The van der Waals surface area contributed by atoms with Gasteiger partial charge in [0, 0.05) is 12.1 Å². The highest BCUT2D eigenvalue weighted by Crippen LogP contribution is 2.37. The van der Waals surface area contributed by atoms with Crippen LogP contribution in [0.25, 0.3) is 0 Å². The molecular formula is C16H31NO. The average molecular weight is 253 g/mol. The Balaban J connectivity index is 1.77. The molecule has 0 aromatic heterocycles. The van der Waals surface area contributed by atoms with Gasteiger partial charge in [-0.15, -0.1) is 0 Å². The van der Waals surface area contributed by atoms with Crippen LogP contribution in [0.15, 0.2) is 0 Å². The summed E-state index contributed by atoms with van der Waals surface area (Å²) in [5, 5.41) is 0. The standard InChI is InChI=1S/C16H31NO/c1-13(2)11-14-5-3-8-16(17,12-14)9-7-15-6-4-10-18-15/h13-15H,3-12,17H2,1-2H3. The van der Waals surface area contributed by atoms with Gasteiger partial charge in [0.1, 0.15) is 0 Å². The molecule has 1 saturated heterocycles. The molecule has 0 amide bonds. The van der Waals surface area contributed by atoms with Crippen molar-refractivity contribution in [2.24, 2.45) is 17.6 Å². The summed E-state index contributed by atoms with van der Waals surface area (Å²) in [5.74, 6) is 1.68. The Morgan fingerprint density at radius 2 is 2.11 bits per heavy atom. The molecule has 0 aromatic rings. The Kier molecular flexibility index (Phi) is 5.08. The van der Waals surface area contributed by atoms with Gasteiger partial charge in [-0.25, -0.2) is 0 Å². The fourth-order valence-corrected chi connectivity index (χ4v) is 3.94. The molecule has 2 N–H and O–H groups in total. The first-order valence-electron chi connectivity index (χ1n) is 7.98. The first kappa shape index (κ1) is 14.3. The summed E-state index contributed by atoms with van der Waals surface area (Å²) in [6.07, 6.45) is 11.9. The summed E-state index contributed by atoms with van der Waals surface area (Å²) < 4.78 is 5.72. The van der Waals surface area contributed by atoms with Gasteiger partial charge in [0.05, 0.1) is 6.10 Å². The minimum atomic E-state index is 0.115. The second kappa shape index (κ2) is 6.38. The molecule has 3 atom stereocenters. The molecule has 1 aliphatic carbocycles. The summed E-state index contributed by atoms with van der Waals surface area (Å²) in [6.45, 7) is 5.64. The predicted molar refractivity (Wildman–Crippen MR) is 76.5 cm³/mol. The highest BCUT2D eigenvalue weighted by molar-refractivity contribution is 4.91. The largest absolute Gasteiger partial charge is 0.378 e. The average Bonchev–Trinajstić information content (AvgIpc) is 2.78. The van der Waals surface area contributed by atoms with Gasteiger partial charge in [-0.3, -0.25) is 0 Å². The molecule has 2 aliphatic rings. The van der Waals surface area contributed by atoms with Crippen LogP contribution < -0.4 is 5.73 Å².